The molecule has 3 fully saturated rings. The lowest BCUT2D eigenvalue weighted by molar-refractivity contribution is 0.0939. The molecule has 3 aliphatic rings. The molecule has 0 aromatic heterocycles. The normalized spacial score (nSPS) is 21.0. The van der Waals surface area contributed by atoms with Gasteiger partial charge < -0.3 is 25.7 Å². The molecule has 7 nitrogen and oxygen atoms in total. The zero-order valence-corrected chi connectivity index (χ0v) is 23.6. The fourth-order valence-electron chi connectivity index (χ4n) is 6.18. The molecule has 0 spiro atoms. The van der Waals surface area contributed by atoms with Gasteiger partial charge in [-0.25, -0.2) is 0 Å². The summed E-state index contributed by atoms with van der Waals surface area (Å²) >= 11 is 0. The number of allylic oxidation sites excluding steroid dienone is 1. The average molecular weight is 527 g/mol. The number of nitrogens with one attached hydrogen (secondary N) is 3. The first kappa shape index (κ1) is 27.2. The van der Waals surface area contributed by atoms with Crippen LogP contribution in [0.25, 0.3) is 0 Å². The first-order valence-corrected chi connectivity index (χ1v) is 14.5. The van der Waals surface area contributed by atoms with Crippen molar-refractivity contribution in [3.63, 3.8) is 0 Å². The number of anilines is 3. The average Bonchev–Trinajstić information content (AvgIpc) is 2.95. The van der Waals surface area contributed by atoms with Gasteiger partial charge in [-0.2, -0.15) is 0 Å². The number of hydrogen-bond acceptors (Lipinski definition) is 6. The number of amides is 1. The Morgan fingerprint density at radius 1 is 0.974 bits per heavy atom. The highest BCUT2D eigenvalue weighted by Crippen LogP contribution is 2.32. The number of piperazine rings is 1. The number of nitrogens with zero attached hydrogens (tertiary/aromatic N) is 3. The SMILES string of the molecule is BNc1cccc(N2CCC(CN3CCN(c4ccc(C)cc4)CC3)CC2)c1C(=O)NC1CCC(=C)NC1=C. The molecule has 3 N–H and O–H groups in total. The fourth-order valence-corrected chi connectivity index (χ4v) is 6.18. The molecule has 39 heavy (non-hydrogen) atoms. The fraction of sp³-hybridized carbons (Fsp3) is 0.452. The quantitative estimate of drug-likeness (QED) is 0.481. The molecule has 2 aromatic rings. The summed E-state index contributed by atoms with van der Waals surface area (Å²) in [6.07, 6.45) is 3.94. The number of carbonyl (C=O) groups is 1. The van der Waals surface area contributed by atoms with E-state index in [9.17, 15) is 4.79 Å². The van der Waals surface area contributed by atoms with Crippen LogP contribution in [0.4, 0.5) is 17.1 Å². The largest absolute Gasteiger partial charge is 0.434 e. The van der Waals surface area contributed by atoms with E-state index in [1.807, 2.05) is 20.1 Å². The standard InChI is InChI=1S/C31H43BN6O/c1-22-7-10-26(11-8-22)37-19-17-36(18-20-37)21-25-13-15-38(16-14-25)29-6-4-5-28(35-32)30(29)31(39)34-27-12-9-23(2)33-24(27)3/h4-8,10-11,25,27,33,35H,2-3,9,12-21,32H2,1H3,(H,34,39). The summed E-state index contributed by atoms with van der Waals surface area (Å²) in [7, 11) is 1.88. The van der Waals surface area contributed by atoms with Gasteiger partial charge in [0, 0.05) is 68.6 Å². The third-order valence-electron chi connectivity index (χ3n) is 8.58. The maximum absolute atomic E-state index is 13.6. The van der Waals surface area contributed by atoms with Gasteiger partial charge >= 0.3 is 0 Å². The Hall–Kier alpha value is -3.39. The van der Waals surface area contributed by atoms with E-state index in [4.69, 9.17) is 0 Å². The molecule has 1 amide bonds. The zero-order valence-electron chi connectivity index (χ0n) is 23.6. The minimum absolute atomic E-state index is 0.0519. The van der Waals surface area contributed by atoms with Crippen LogP contribution in [0.2, 0.25) is 0 Å². The Labute approximate surface area is 234 Å². The third-order valence-corrected chi connectivity index (χ3v) is 8.58. The molecule has 3 heterocycles. The Morgan fingerprint density at radius 3 is 2.36 bits per heavy atom. The number of hydrogen-bond donors (Lipinski definition) is 3. The van der Waals surface area contributed by atoms with Gasteiger partial charge in [0.15, 0.2) is 0 Å². The van der Waals surface area contributed by atoms with E-state index in [0.29, 0.717) is 5.92 Å². The molecular weight excluding hydrogens is 483 g/mol. The van der Waals surface area contributed by atoms with Crippen molar-refractivity contribution < 1.29 is 4.79 Å². The van der Waals surface area contributed by atoms with Gasteiger partial charge in [0.25, 0.3) is 5.91 Å². The number of piperidine rings is 2. The summed E-state index contributed by atoms with van der Waals surface area (Å²) in [5.41, 5.74) is 7.02. The highest BCUT2D eigenvalue weighted by atomic mass is 16.1. The molecule has 5 rings (SSSR count). The maximum Gasteiger partial charge on any atom is 0.255 e. The van der Waals surface area contributed by atoms with E-state index in [1.54, 1.807) is 0 Å². The van der Waals surface area contributed by atoms with Crippen molar-refractivity contribution in [2.45, 2.75) is 38.6 Å². The molecule has 0 radical (unpaired) electrons. The number of rotatable bonds is 7. The monoisotopic (exact) mass is 526 g/mol. The van der Waals surface area contributed by atoms with Crippen molar-refractivity contribution in [2.75, 3.05) is 60.8 Å². The lowest BCUT2D eigenvalue weighted by atomic mass is 9.94. The molecule has 0 bridgehead atoms. The van der Waals surface area contributed by atoms with Crippen LogP contribution in [0, 0.1) is 12.8 Å². The summed E-state index contributed by atoms with van der Waals surface area (Å²) in [4.78, 5) is 21.1. The number of benzene rings is 2. The molecule has 8 heteroatoms. The van der Waals surface area contributed by atoms with E-state index in [2.05, 4.69) is 81.0 Å². The van der Waals surface area contributed by atoms with E-state index in [1.165, 1.54) is 17.8 Å². The molecule has 0 aliphatic carbocycles. The lowest BCUT2D eigenvalue weighted by Crippen LogP contribution is -2.49. The molecule has 3 aliphatic heterocycles. The van der Waals surface area contributed by atoms with Crippen molar-refractivity contribution in [3.05, 3.63) is 78.1 Å². The Kier molecular flexibility index (Phi) is 8.51. The van der Waals surface area contributed by atoms with Crippen LogP contribution < -0.4 is 25.7 Å². The molecular formula is C31H43BN6O. The Morgan fingerprint density at radius 2 is 1.69 bits per heavy atom. The Balaban J connectivity index is 1.16. The highest BCUT2D eigenvalue weighted by Gasteiger charge is 2.29. The zero-order chi connectivity index (χ0) is 27.4. The van der Waals surface area contributed by atoms with Gasteiger partial charge in [-0.3, -0.25) is 9.69 Å². The first-order valence-electron chi connectivity index (χ1n) is 14.5. The maximum atomic E-state index is 13.6. The van der Waals surface area contributed by atoms with Crippen LogP contribution in [0.5, 0.6) is 0 Å². The predicted molar refractivity (Wildman–Crippen MR) is 165 cm³/mol. The first-order chi connectivity index (χ1) is 18.9. The van der Waals surface area contributed by atoms with Crippen LogP contribution in [0.3, 0.4) is 0 Å². The lowest BCUT2D eigenvalue weighted by Gasteiger charge is -2.40. The van der Waals surface area contributed by atoms with E-state index in [0.717, 1.165) is 93.3 Å². The van der Waals surface area contributed by atoms with Gasteiger partial charge in [-0.1, -0.05) is 36.9 Å². The van der Waals surface area contributed by atoms with Crippen molar-refractivity contribution in [1.82, 2.24) is 15.5 Å². The van der Waals surface area contributed by atoms with Crippen LogP contribution >= 0.6 is 0 Å². The molecule has 3 saturated heterocycles. The highest BCUT2D eigenvalue weighted by molar-refractivity contribution is 6.19. The van der Waals surface area contributed by atoms with E-state index in [-0.39, 0.29) is 11.9 Å². The molecule has 206 valence electrons. The van der Waals surface area contributed by atoms with Crippen LogP contribution in [-0.2, 0) is 0 Å². The molecule has 1 unspecified atom stereocenters. The van der Waals surface area contributed by atoms with Crippen LogP contribution in [0.15, 0.2) is 67.0 Å². The molecule has 1 atom stereocenters. The van der Waals surface area contributed by atoms with Crippen LogP contribution in [-0.4, -0.2) is 70.6 Å². The smallest absolute Gasteiger partial charge is 0.255 e. The van der Waals surface area contributed by atoms with E-state index < -0.39 is 0 Å². The van der Waals surface area contributed by atoms with Gasteiger partial charge in [-0.05, 0) is 62.8 Å². The minimum Gasteiger partial charge on any atom is -0.434 e. The topological polar surface area (TPSA) is 62.9 Å². The Bertz CT molecular complexity index is 1180. The van der Waals surface area contributed by atoms with Crippen molar-refractivity contribution >= 4 is 31.0 Å². The summed E-state index contributed by atoms with van der Waals surface area (Å²) in [5, 5.41) is 9.67. The van der Waals surface area contributed by atoms with Gasteiger partial charge in [-0.15, -0.1) is 0 Å². The van der Waals surface area contributed by atoms with Crippen molar-refractivity contribution in [2.24, 2.45) is 5.92 Å². The summed E-state index contributed by atoms with van der Waals surface area (Å²) in [5.74, 6) is 0.644. The molecule has 2 aromatic carbocycles. The third kappa shape index (κ3) is 6.44. The number of aryl methyl sites for hydroxylation is 1. The van der Waals surface area contributed by atoms with Crippen molar-refractivity contribution in [3.8, 4) is 0 Å². The van der Waals surface area contributed by atoms with E-state index >= 15 is 0 Å². The summed E-state index contributed by atoms with van der Waals surface area (Å²) < 4.78 is 0. The minimum atomic E-state index is -0.0991. The second-order valence-corrected chi connectivity index (χ2v) is 11.3. The predicted octanol–water partition coefficient (Wildman–Crippen LogP) is 3.50. The number of carbonyl (C=O) groups excluding carboxylic acids is 1. The second-order valence-electron chi connectivity index (χ2n) is 11.3. The molecule has 0 saturated carbocycles. The van der Waals surface area contributed by atoms with Crippen LogP contribution in [0.1, 0.15) is 41.6 Å². The second kappa shape index (κ2) is 12.2. The van der Waals surface area contributed by atoms with Gasteiger partial charge in [0.05, 0.1) is 17.3 Å². The van der Waals surface area contributed by atoms with Gasteiger partial charge in [0.1, 0.15) is 0 Å². The van der Waals surface area contributed by atoms with Gasteiger partial charge in [0.2, 0.25) is 7.98 Å². The summed E-state index contributed by atoms with van der Waals surface area (Å²) in [6, 6.07) is 14.9. The van der Waals surface area contributed by atoms with Crippen molar-refractivity contribution in [1.29, 1.82) is 0 Å². The summed E-state index contributed by atoms with van der Waals surface area (Å²) in [6.45, 7) is 17.8.